The van der Waals surface area contributed by atoms with E-state index in [0.29, 0.717) is 17.7 Å². The lowest BCUT2D eigenvalue weighted by Gasteiger charge is -2.26. The molecule has 1 amide bonds. The summed E-state index contributed by atoms with van der Waals surface area (Å²) in [7, 11) is 0. The second-order valence-electron chi connectivity index (χ2n) is 7.52. The van der Waals surface area contributed by atoms with Crippen molar-refractivity contribution < 1.29 is 4.79 Å². The molecule has 2 saturated carbocycles. The van der Waals surface area contributed by atoms with Crippen molar-refractivity contribution >= 4 is 5.91 Å². The molecule has 2 heteroatoms. The quantitative estimate of drug-likeness (QED) is 0.671. The molecule has 0 spiro atoms. The number of hydrogen-bond acceptors (Lipinski definition) is 1. The van der Waals surface area contributed by atoms with E-state index in [4.69, 9.17) is 0 Å². The van der Waals surface area contributed by atoms with Crippen LogP contribution in [0.25, 0.3) is 0 Å². The minimum absolute atomic E-state index is 0.358. The van der Waals surface area contributed by atoms with Gasteiger partial charge in [-0.25, -0.2) is 0 Å². The van der Waals surface area contributed by atoms with Crippen LogP contribution in [0.3, 0.4) is 0 Å². The number of nitrogens with zero attached hydrogens (tertiary/aromatic N) is 1. The molecule has 3 aliphatic carbocycles. The Morgan fingerprint density at radius 1 is 1.33 bits per heavy atom. The van der Waals surface area contributed by atoms with E-state index in [-0.39, 0.29) is 0 Å². The molecule has 3 rings (SSSR count). The van der Waals surface area contributed by atoms with Crippen molar-refractivity contribution in [3.8, 4) is 0 Å². The van der Waals surface area contributed by atoms with Gasteiger partial charge in [-0.2, -0.15) is 0 Å². The van der Waals surface area contributed by atoms with Crippen molar-refractivity contribution in [2.75, 3.05) is 13.1 Å². The fourth-order valence-electron chi connectivity index (χ4n) is 3.40. The number of allylic oxidation sites excluding steroid dienone is 3. The molecule has 0 aliphatic heterocycles. The minimum Gasteiger partial charge on any atom is -0.338 e. The molecule has 2 atom stereocenters. The monoisotopic (exact) mass is 287 g/mol. The van der Waals surface area contributed by atoms with Crippen LogP contribution in [-0.4, -0.2) is 23.9 Å². The van der Waals surface area contributed by atoms with Gasteiger partial charge in [0.05, 0.1) is 0 Å². The molecule has 2 nitrogen and oxygen atoms in total. The zero-order valence-corrected chi connectivity index (χ0v) is 13.6. The molecule has 0 saturated heterocycles. The van der Waals surface area contributed by atoms with Gasteiger partial charge in [0.15, 0.2) is 0 Å². The Kier molecular flexibility index (Phi) is 4.51. The highest BCUT2D eigenvalue weighted by Gasteiger charge is 2.35. The van der Waals surface area contributed by atoms with Crippen LogP contribution in [-0.2, 0) is 4.79 Å². The van der Waals surface area contributed by atoms with Crippen molar-refractivity contribution in [3.63, 3.8) is 0 Å². The maximum absolute atomic E-state index is 12.3. The standard InChI is InChI=1S/C19H29NO/c1-14-5-8-17(15(2)12-14)4-3-11-20(13-16-6-7-16)19(21)18-9-10-18/h3-5,15-18H,6-13H2,1-2H3/b4-3-. The molecule has 0 aromatic heterocycles. The first-order valence-electron chi connectivity index (χ1n) is 8.74. The lowest BCUT2D eigenvalue weighted by Crippen LogP contribution is -2.34. The van der Waals surface area contributed by atoms with Gasteiger partial charge < -0.3 is 4.90 Å². The predicted molar refractivity (Wildman–Crippen MR) is 86.8 cm³/mol. The van der Waals surface area contributed by atoms with Crippen molar-refractivity contribution in [3.05, 3.63) is 23.8 Å². The van der Waals surface area contributed by atoms with Gasteiger partial charge in [0, 0.05) is 19.0 Å². The molecule has 2 fully saturated rings. The van der Waals surface area contributed by atoms with E-state index in [2.05, 4.69) is 37.0 Å². The third-order valence-corrected chi connectivity index (χ3v) is 5.24. The summed E-state index contributed by atoms with van der Waals surface area (Å²) in [5, 5.41) is 0. The Hall–Kier alpha value is -1.05. The van der Waals surface area contributed by atoms with Crippen molar-refractivity contribution in [1.29, 1.82) is 0 Å². The lowest BCUT2D eigenvalue weighted by atomic mass is 9.81. The highest BCUT2D eigenvalue weighted by molar-refractivity contribution is 5.81. The Balaban J connectivity index is 1.52. The molecule has 21 heavy (non-hydrogen) atoms. The SMILES string of the molecule is CC1=CCC(/C=C\CN(CC2CC2)C(=O)C2CC2)C(C)C1. The molecule has 0 bridgehead atoms. The summed E-state index contributed by atoms with van der Waals surface area (Å²) in [6.45, 7) is 6.42. The molecular weight excluding hydrogens is 258 g/mol. The van der Waals surface area contributed by atoms with Gasteiger partial charge in [0.1, 0.15) is 0 Å². The van der Waals surface area contributed by atoms with Gasteiger partial charge >= 0.3 is 0 Å². The van der Waals surface area contributed by atoms with E-state index < -0.39 is 0 Å². The average molecular weight is 287 g/mol. The van der Waals surface area contributed by atoms with Crippen LogP contribution in [0, 0.1) is 23.7 Å². The first-order valence-corrected chi connectivity index (χ1v) is 8.74. The third-order valence-electron chi connectivity index (χ3n) is 5.24. The van der Waals surface area contributed by atoms with E-state index in [0.717, 1.165) is 37.8 Å². The van der Waals surface area contributed by atoms with Crippen LogP contribution in [0.2, 0.25) is 0 Å². The van der Waals surface area contributed by atoms with Gasteiger partial charge in [0.2, 0.25) is 5.91 Å². The molecule has 0 aromatic rings. The number of carbonyl (C=O) groups is 1. The summed E-state index contributed by atoms with van der Waals surface area (Å²) < 4.78 is 0. The zero-order chi connectivity index (χ0) is 14.8. The topological polar surface area (TPSA) is 20.3 Å². The van der Waals surface area contributed by atoms with Gasteiger partial charge in [-0.3, -0.25) is 4.79 Å². The van der Waals surface area contributed by atoms with Gasteiger partial charge in [0.25, 0.3) is 0 Å². The third kappa shape index (κ3) is 4.21. The van der Waals surface area contributed by atoms with Crippen LogP contribution < -0.4 is 0 Å². The molecule has 0 N–H and O–H groups in total. The normalized spacial score (nSPS) is 29.5. The smallest absolute Gasteiger partial charge is 0.225 e. The van der Waals surface area contributed by atoms with Crippen molar-refractivity contribution in [1.82, 2.24) is 4.90 Å². The summed E-state index contributed by atoms with van der Waals surface area (Å²) >= 11 is 0. The Morgan fingerprint density at radius 3 is 2.71 bits per heavy atom. The van der Waals surface area contributed by atoms with E-state index >= 15 is 0 Å². The molecule has 116 valence electrons. The Morgan fingerprint density at radius 2 is 2.10 bits per heavy atom. The van der Waals surface area contributed by atoms with Gasteiger partial charge in [-0.15, -0.1) is 0 Å². The maximum Gasteiger partial charge on any atom is 0.225 e. The van der Waals surface area contributed by atoms with Crippen LogP contribution >= 0.6 is 0 Å². The lowest BCUT2D eigenvalue weighted by molar-refractivity contribution is -0.132. The van der Waals surface area contributed by atoms with Crippen LogP contribution in [0.1, 0.15) is 52.4 Å². The van der Waals surface area contributed by atoms with Crippen molar-refractivity contribution in [2.24, 2.45) is 23.7 Å². The number of hydrogen-bond donors (Lipinski definition) is 0. The van der Waals surface area contributed by atoms with E-state index in [1.165, 1.54) is 31.3 Å². The van der Waals surface area contributed by atoms with Gasteiger partial charge in [-0.1, -0.05) is 30.7 Å². The number of amides is 1. The Bertz CT molecular complexity index is 442. The highest BCUT2D eigenvalue weighted by atomic mass is 16.2. The zero-order valence-electron chi connectivity index (χ0n) is 13.6. The largest absolute Gasteiger partial charge is 0.338 e. The summed E-state index contributed by atoms with van der Waals surface area (Å²) in [5.41, 5.74) is 1.53. The van der Waals surface area contributed by atoms with Crippen molar-refractivity contribution in [2.45, 2.75) is 52.4 Å². The van der Waals surface area contributed by atoms with Crippen LogP contribution in [0.5, 0.6) is 0 Å². The van der Waals surface area contributed by atoms with Crippen LogP contribution in [0.15, 0.2) is 23.8 Å². The first-order chi connectivity index (χ1) is 10.1. The summed E-state index contributed by atoms with van der Waals surface area (Å²) in [6, 6.07) is 0. The highest BCUT2D eigenvalue weighted by Crippen LogP contribution is 2.35. The van der Waals surface area contributed by atoms with E-state index in [1.807, 2.05) is 0 Å². The van der Waals surface area contributed by atoms with Gasteiger partial charge in [-0.05, 0) is 63.2 Å². The fraction of sp³-hybridized carbons (Fsp3) is 0.737. The molecule has 0 heterocycles. The molecule has 0 radical (unpaired) electrons. The Labute approximate surface area is 129 Å². The molecule has 3 aliphatic rings. The average Bonchev–Trinajstić information content (AvgIpc) is 3.33. The molecule has 0 aromatic carbocycles. The van der Waals surface area contributed by atoms with E-state index in [1.54, 1.807) is 0 Å². The molecule has 2 unspecified atom stereocenters. The second kappa shape index (κ2) is 6.37. The summed E-state index contributed by atoms with van der Waals surface area (Å²) in [4.78, 5) is 14.5. The van der Waals surface area contributed by atoms with E-state index in [9.17, 15) is 4.79 Å². The van der Waals surface area contributed by atoms with Crippen LogP contribution in [0.4, 0.5) is 0 Å². The fourth-order valence-corrected chi connectivity index (χ4v) is 3.40. The molecular formula is C19H29NO. The summed E-state index contributed by atoms with van der Waals surface area (Å²) in [5.74, 6) is 2.96. The predicted octanol–water partition coefficient (Wildman–Crippen LogP) is 4.18. The summed E-state index contributed by atoms with van der Waals surface area (Å²) in [6.07, 6.45) is 14.3. The maximum atomic E-state index is 12.3. The first kappa shape index (κ1) is 14.9. The number of rotatable bonds is 6. The number of carbonyl (C=O) groups excluding carboxylic acids is 1. The second-order valence-corrected chi connectivity index (χ2v) is 7.52. The minimum atomic E-state index is 0.358.